The van der Waals surface area contributed by atoms with E-state index in [1.165, 1.54) is 31.2 Å². The maximum atomic E-state index is 15.4. The summed E-state index contributed by atoms with van der Waals surface area (Å²) in [6, 6.07) is 12.7. The van der Waals surface area contributed by atoms with E-state index < -0.39 is 17.5 Å². The monoisotopic (exact) mass is 462 g/mol. The fourth-order valence-electron chi connectivity index (χ4n) is 5.18. The molecule has 0 aromatic heterocycles. The highest BCUT2D eigenvalue weighted by molar-refractivity contribution is 5.89. The molecule has 0 atom stereocenters. The van der Waals surface area contributed by atoms with Gasteiger partial charge < -0.3 is 0 Å². The Hall–Kier alpha value is -2.81. The van der Waals surface area contributed by atoms with E-state index >= 15 is 4.39 Å². The number of benzene rings is 3. The lowest BCUT2D eigenvalue weighted by Crippen LogP contribution is -2.13. The summed E-state index contributed by atoms with van der Waals surface area (Å²) >= 11 is 0. The quantitative estimate of drug-likeness (QED) is 0.293. The minimum absolute atomic E-state index is 0.274. The summed E-state index contributed by atoms with van der Waals surface area (Å²) in [5.41, 5.74) is 2.46. The van der Waals surface area contributed by atoms with Crippen LogP contribution in [0.4, 0.5) is 13.2 Å². The Morgan fingerprint density at radius 3 is 2.29 bits per heavy atom. The second kappa shape index (κ2) is 11.1. The molecule has 0 bridgehead atoms. The average molecular weight is 463 g/mol. The van der Waals surface area contributed by atoms with Crippen molar-refractivity contribution in [3.63, 3.8) is 0 Å². The zero-order chi connectivity index (χ0) is 24.1. The van der Waals surface area contributed by atoms with E-state index in [-0.39, 0.29) is 10.9 Å². The van der Waals surface area contributed by atoms with Gasteiger partial charge in [-0.25, -0.2) is 13.2 Å². The Morgan fingerprint density at radius 1 is 0.882 bits per heavy atom. The molecule has 0 saturated heterocycles. The minimum atomic E-state index is -1.10. The van der Waals surface area contributed by atoms with Crippen LogP contribution >= 0.6 is 0 Å². The third-order valence-corrected chi connectivity index (χ3v) is 7.35. The van der Waals surface area contributed by atoms with Gasteiger partial charge in [0, 0.05) is 5.56 Å². The van der Waals surface area contributed by atoms with Crippen molar-refractivity contribution in [1.29, 1.82) is 0 Å². The smallest absolute Gasteiger partial charge is 0.169 e. The normalized spacial score (nSPS) is 18.6. The molecule has 0 spiro atoms. The van der Waals surface area contributed by atoms with Crippen LogP contribution in [0.15, 0.2) is 67.3 Å². The van der Waals surface area contributed by atoms with Crippen molar-refractivity contribution in [1.82, 2.24) is 0 Å². The van der Waals surface area contributed by atoms with Gasteiger partial charge in [-0.15, -0.1) is 6.58 Å². The molecule has 3 heteroatoms. The highest BCUT2D eigenvalue weighted by Crippen LogP contribution is 2.34. The van der Waals surface area contributed by atoms with E-state index in [0.29, 0.717) is 35.3 Å². The van der Waals surface area contributed by atoms with Crippen molar-refractivity contribution in [3.8, 4) is 11.1 Å². The SMILES string of the molecule is C=CC1CCC(CCc2ccc(-c3ccc4cc(CC/C=C/C)c(F)c(F)c4c3F)cc2)CC1. The van der Waals surface area contributed by atoms with E-state index in [0.717, 1.165) is 18.8 Å². The first-order valence-electron chi connectivity index (χ1n) is 12.4. The van der Waals surface area contributed by atoms with Crippen LogP contribution < -0.4 is 0 Å². The zero-order valence-corrected chi connectivity index (χ0v) is 19.9. The molecule has 0 N–H and O–H groups in total. The lowest BCUT2D eigenvalue weighted by Gasteiger charge is -2.26. The number of allylic oxidation sites excluding steroid dienone is 3. The Balaban J connectivity index is 1.50. The van der Waals surface area contributed by atoms with Crippen molar-refractivity contribution in [2.45, 2.75) is 58.3 Å². The number of halogens is 3. The van der Waals surface area contributed by atoms with Crippen LogP contribution in [0.25, 0.3) is 21.9 Å². The zero-order valence-electron chi connectivity index (χ0n) is 19.9. The molecule has 0 unspecified atom stereocenters. The maximum absolute atomic E-state index is 15.4. The Labute approximate surface area is 201 Å². The van der Waals surface area contributed by atoms with Gasteiger partial charge in [-0.1, -0.05) is 54.6 Å². The molecule has 1 fully saturated rings. The topological polar surface area (TPSA) is 0 Å². The molecule has 1 saturated carbocycles. The molecule has 0 amide bonds. The van der Waals surface area contributed by atoms with Gasteiger partial charge in [0.2, 0.25) is 0 Å². The molecular weight excluding hydrogens is 429 g/mol. The third kappa shape index (κ3) is 5.29. The van der Waals surface area contributed by atoms with Crippen LogP contribution in [0.5, 0.6) is 0 Å². The second-order valence-electron chi connectivity index (χ2n) is 9.55. The van der Waals surface area contributed by atoms with Gasteiger partial charge >= 0.3 is 0 Å². The van der Waals surface area contributed by atoms with Crippen molar-refractivity contribution < 1.29 is 13.2 Å². The number of rotatable bonds is 8. The fourth-order valence-corrected chi connectivity index (χ4v) is 5.18. The van der Waals surface area contributed by atoms with Gasteiger partial charge in [-0.3, -0.25) is 0 Å². The molecular formula is C31H33F3. The highest BCUT2D eigenvalue weighted by atomic mass is 19.2. The van der Waals surface area contributed by atoms with Gasteiger partial charge in [0.25, 0.3) is 0 Å². The van der Waals surface area contributed by atoms with E-state index in [2.05, 4.69) is 12.7 Å². The molecule has 1 aliphatic rings. The molecule has 178 valence electrons. The summed E-state index contributed by atoms with van der Waals surface area (Å²) in [5, 5.41) is 0.113. The number of hydrogen-bond acceptors (Lipinski definition) is 0. The molecule has 34 heavy (non-hydrogen) atoms. The number of aryl methyl sites for hydroxylation is 2. The first kappa shape index (κ1) is 24.3. The van der Waals surface area contributed by atoms with Crippen molar-refractivity contribution in [2.75, 3.05) is 0 Å². The molecule has 0 heterocycles. The second-order valence-corrected chi connectivity index (χ2v) is 9.55. The first-order chi connectivity index (χ1) is 16.5. The summed E-state index contributed by atoms with van der Waals surface area (Å²) in [6.07, 6.45) is 14.0. The van der Waals surface area contributed by atoms with Crippen LogP contribution in [-0.2, 0) is 12.8 Å². The van der Waals surface area contributed by atoms with Crippen LogP contribution in [-0.4, -0.2) is 0 Å². The van der Waals surface area contributed by atoms with E-state index in [1.807, 2.05) is 43.3 Å². The van der Waals surface area contributed by atoms with E-state index in [4.69, 9.17) is 0 Å². The molecule has 3 aromatic carbocycles. The largest absolute Gasteiger partial charge is 0.206 e. The standard InChI is InChI=1S/C31H33F3/c1-3-5-6-7-26-20-25-18-19-27(30(33)28(25)31(34)29(26)32)24-16-14-23(15-17-24)13-12-22-10-8-21(4-2)9-11-22/h3-5,14-22H,2,6-13H2,1H3/b5-3+. The summed E-state index contributed by atoms with van der Waals surface area (Å²) in [7, 11) is 0. The minimum Gasteiger partial charge on any atom is -0.206 e. The van der Waals surface area contributed by atoms with Crippen molar-refractivity contribution >= 4 is 10.8 Å². The number of fused-ring (bicyclic) bond motifs is 1. The molecule has 0 radical (unpaired) electrons. The Bertz CT molecular complexity index is 1170. The van der Waals surface area contributed by atoms with Crippen LogP contribution in [0.3, 0.4) is 0 Å². The highest BCUT2D eigenvalue weighted by Gasteiger charge is 2.20. The van der Waals surface area contributed by atoms with E-state index in [1.54, 1.807) is 18.2 Å². The van der Waals surface area contributed by atoms with Gasteiger partial charge in [0.1, 0.15) is 5.82 Å². The fraction of sp³-hybridized carbons (Fsp3) is 0.355. The predicted molar refractivity (Wildman–Crippen MR) is 136 cm³/mol. The first-order valence-corrected chi connectivity index (χ1v) is 12.4. The molecule has 1 aliphatic carbocycles. The lowest BCUT2D eigenvalue weighted by molar-refractivity contribution is 0.296. The van der Waals surface area contributed by atoms with E-state index in [9.17, 15) is 8.78 Å². The molecule has 0 aliphatic heterocycles. The van der Waals surface area contributed by atoms with Gasteiger partial charge in [0.05, 0.1) is 5.39 Å². The Kier molecular flexibility index (Phi) is 7.92. The van der Waals surface area contributed by atoms with Crippen LogP contribution in [0.2, 0.25) is 0 Å². The molecule has 3 aromatic rings. The summed E-state index contributed by atoms with van der Waals surface area (Å²) in [5.74, 6) is -1.33. The molecule has 4 rings (SSSR count). The third-order valence-electron chi connectivity index (χ3n) is 7.35. The average Bonchev–Trinajstić information content (AvgIpc) is 2.86. The van der Waals surface area contributed by atoms with Gasteiger partial charge in [0.15, 0.2) is 11.6 Å². The summed E-state index contributed by atoms with van der Waals surface area (Å²) < 4.78 is 44.9. The van der Waals surface area contributed by atoms with Crippen molar-refractivity contribution in [3.05, 3.63) is 95.9 Å². The van der Waals surface area contributed by atoms with Gasteiger partial charge in [-0.05, 0) is 98.3 Å². The summed E-state index contributed by atoms with van der Waals surface area (Å²) in [6.45, 7) is 5.80. The number of hydrogen-bond donors (Lipinski definition) is 0. The Morgan fingerprint density at radius 2 is 1.62 bits per heavy atom. The van der Waals surface area contributed by atoms with Crippen molar-refractivity contribution in [2.24, 2.45) is 11.8 Å². The molecule has 0 nitrogen and oxygen atoms in total. The maximum Gasteiger partial charge on any atom is 0.169 e. The predicted octanol–water partition coefficient (Wildman–Crippen LogP) is 9.36. The van der Waals surface area contributed by atoms with Crippen LogP contribution in [0.1, 0.15) is 56.6 Å². The lowest BCUT2D eigenvalue weighted by atomic mass is 9.79. The van der Waals surface area contributed by atoms with Crippen LogP contribution in [0, 0.1) is 29.3 Å². The van der Waals surface area contributed by atoms with Gasteiger partial charge in [-0.2, -0.15) is 0 Å². The summed E-state index contributed by atoms with van der Waals surface area (Å²) in [4.78, 5) is 0.